The number of fused-ring (bicyclic) bond motifs is 2. The van der Waals surface area contributed by atoms with Crippen molar-refractivity contribution in [1.82, 2.24) is 24.9 Å². The van der Waals surface area contributed by atoms with E-state index >= 15 is 0 Å². The lowest BCUT2D eigenvalue weighted by Gasteiger charge is -2.38. The lowest BCUT2D eigenvalue weighted by atomic mass is 9.97. The summed E-state index contributed by atoms with van der Waals surface area (Å²) in [6.07, 6.45) is 1.29. The van der Waals surface area contributed by atoms with Gasteiger partial charge in [-0.05, 0) is 44.3 Å². The Labute approximate surface area is 177 Å². The Kier molecular flexibility index (Phi) is 4.70. The minimum atomic E-state index is -1.50. The maximum atomic E-state index is 14.8. The monoisotopic (exact) mass is 425 g/mol. The smallest absolute Gasteiger partial charge is 0.233 e. The SMILES string of the molecule is Cc1ccn(-c2ccc(-c3ccc(OC4CC5C=C(F)C(C4F)N5C)nn3)c(O)c2)n1. The van der Waals surface area contributed by atoms with Gasteiger partial charge in [-0.2, -0.15) is 5.10 Å². The maximum Gasteiger partial charge on any atom is 0.233 e. The fourth-order valence-corrected chi connectivity index (χ4v) is 4.22. The van der Waals surface area contributed by atoms with Gasteiger partial charge in [0.25, 0.3) is 0 Å². The Balaban J connectivity index is 1.32. The molecule has 0 aliphatic carbocycles. The second-order valence-electron chi connectivity index (χ2n) is 7.93. The topological polar surface area (TPSA) is 76.3 Å². The van der Waals surface area contributed by atoms with E-state index in [9.17, 15) is 13.9 Å². The Morgan fingerprint density at radius 2 is 2.00 bits per heavy atom. The highest BCUT2D eigenvalue weighted by atomic mass is 19.1. The quantitative estimate of drug-likeness (QED) is 0.691. The summed E-state index contributed by atoms with van der Waals surface area (Å²) < 4.78 is 36.1. The van der Waals surface area contributed by atoms with Crippen molar-refractivity contribution in [3.63, 3.8) is 0 Å². The molecule has 1 N–H and O–H groups in total. The second-order valence-corrected chi connectivity index (χ2v) is 7.93. The van der Waals surface area contributed by atoms with E-state index in [1.807, 2.05) is 25.3 Å². The fourth-order valence-electron chi connectivity index (χ4n) is 4.22. The molecule has 0 radical (unpaired) electrons. The second kappa shape index (κ2) is 7.42. The highest BCUT2D eigenvalue weighted by Gasteiger charge is 2.49. The highest BCUT2D eigenvalue weighted by Crippen LogP contribution is 2.38. The molecular formula is C22H21F2N5O2. The number of nitrogens with zero attached hydrogens (tertiary/aromatic N) is 5. The van der Waals surface area contributed by atoms with Crippen LogP contribution in [0.15, 0.2) is 54.5 Å². The van der Waals surface area contributed by atoms with Gasteiger partial charge in [-0.15, -0.1) is 10.2 Å². The zero-order valence-corrected chi connectivity index (χ0v) is 17.0. The molecule has 1 fully saturated rings. The van der Waals surface area contributed by atoms with E-state index in [1.54, 1.807) is 40.9 Å². The highest BCUT2D eigenvalue weighted by molar-refractivity contribution is 5.68. The van der Waals surface area contributed by atoms with Gasteiger partial charge in [0.15, 0.2) is 6.17 Å². The van der Waals surface area contributed by atoms with E-state index in [2.05, 4.69) is 15.3 Å². The number of aromatic hydroxyl groups is 1. The Morgan fingerprint density at radius 1 is 1.16 bits per heavy atom. The summed E-state index contributed by atoms with van der Waals surface area (Å²) in [7, 11) is 1.71. The van der Waals surface area contributed by atoms with Crippen LogP contribution in [0.5, 0.6) is 11.6 Å². The molecule has 7 nitrogen and oxygen atoms in total. The standard InChI is InChI=1S/C22H21F2N5O2/c1-12-7-8-29(27-12)13-3-4-15(18(30)10-13)17-5-6-20(26-25-17)31-19-11-14-9-16(23)22(21(19)24)28(14)2/h3-10,14,19,21-22,30H,11H2,1-2H3. The number of ether oxygens (including phenoxy) is 1. The molecule has 0 spiro atoms. The normalized spacial score (nSPS) is 25.5. The first-order valence-electron chi connectivity index (χ1n) is 10.0. The number of likely N-dealkylation sites (N-methyl/N-ethyl adjacent to an activating group) is 1. The molecule has 1 aromatic carbocycles. The molecular weight excluding hydrogens is 404 g/mol. The first-order chi connectivity index (χ1) is 14.9. The van der Waals surface area contributed by atoms with Crippen LogP contribution < -0.4 is 4.74 Å². The number of benzene rings is 1. The van der Waals surface area contributed by atoms with Crippen LogP contribution in [0.2, 0.25) is 0 Å². The van der Waals surface area contributed by atoms with Crippen LogP contribution in [-0.4, -0.2) is 61.4 Å². The Hall–Kier alpha value is -3.33. The van der Waals surface area contributed by atoms with Crippen LogP contribution in [-0.2, 0) is 0 Å². The van der Waals surface area contributed by atoms with Gasteiger partial charge in [0.2, 0.25) is 5.88 Å². The molecule has 2 aromatic heterocycles. The summed E-state index contributed by atoms with van der Waals surface area (Å²) in [5.41, 5.74) is 2.53. The molecule has 2 bridgehead atoms. The number of piperidine rings is 1. The lowest BCUT2D eigenvalue weighted by Crippen LogP contribution is -2.53. The van der Waals surface area contributed by atoms with E-state index < -0.39 is 24.1 Å². The van der Waals surface area contributed by atoms with Crippen LogP contribution in [0.3, 0.4) is 0 Å². The molecule has 3 aromatic rings. The molecule has 2 aliphatic heterocycles. The summed E-state index contributed by atoms with van der Waals surface area (Å²) in [6, 6.07) is 9.13. The fraction of sp³-hybridized carbons (Fsp3) is 0.318. The van der Waals surface area contributed by atoms with E-state index in [4.69, 9.17) is 4.74 Å². The minimum Gasteiger partial charge on any atom is -0.507 e. The molecule has 5 rings (SSSR count). The molecule has 9 heteroatoms. The van der Waals surface area contributed by atoms with Gasteiger partial charge in [-0.3, -0.25) is 4.90 Å². The van der Waals surface area contributed by atoms with Crippen LogP contribution in [0.1, 0.15) is 12.1 Å². The summed E-state index contributed by atoms with van der Waals surface area (Å²) >= 11 is 0. The number of phenolic OH excluding ortho intramolecular Hbond substituents is 1. The van der Waals surface area contributed by atoms with E-state index in [1.165, 1.54) is 6.08 Å². The third kappa shape index (κ3) is 3.44. The van der Waals surface area contributed by atoms with Crippen molar-refractivity contribution in [2.75, 3.05) is 7.05 Å². The number of halogens is 2. The average molecular weight is 425 g/mol. The van der Waals surface area contributed by atoms with Crippen LogP contribution in [0.25, 0.3) is 16.9 Å². The van der Waals surface area contributed by atoms with Gasteiger partial charge in [-0.25, -0.2) is 13.5 Å². The molecule has 4 heterocycles. The van der Waals surface area contributed by atoms with Gasteiger partial charge < -0.3 is 9.84 Å². The predicted octanol–water partition coefficient (Wildman–Crippen LogP) is 3.37. The molecule has 4 unspecified atom stereocenters. The zero-order valence-electron chi connectivity index (χ0n) is 17.0. The summed E-state index contributed by atoms with van der Waals surface area (Å²) in [5, 5.41) is 22.9. The number of alkyl halides is 1. The molecule has 0 amide bonds. The first kappa shape index (κ1) is 19.6. The van der Waals surface area contributed by atoms with Gasteiger partial charge in [0, 0.05) is 36.4 Å². The van der Waals surface area contributed by atoms with Crippen LogP contribution >= 0.6 is 0 Å². The van der Waals surface area contributed by atoms with Crippen molar-refractivity contribution < 1.29 is 18.6 Å². The number of hydrogen-bond acceptors (Lipinski definition) is 6. The van der Waals surface area contributed by atoms with Gasteiger partial charge >= 0.3 is 0 Å². The van der Waals surface area contributed by atoms with E-state index in [0.29, 0.717) is 23.4 Å². The number of aromatic nitrogens is 4. The third-order valence-corrected chi connectivity index (χ3v) is 5.88. The van der Waals surface area contributed by atoms with Crippen molar-refractivity contribution in [2.45, 2.75) is 37.7 Å². The number of rotatable bonds is 4. The number of phenols is 1. The van der Waals surface area contributed by atoms with E-state index in [-0.39, 0.29) is 17.7 Å². The largest absolute Gasteiger partial charge is 0.507 e. The number of aryl methyl sites for hydroxylation is 1. The molecule has 2 aliphatic rings. The molecule has 0 saturated carbocycles. The van der Waals surface area contributed by atoms with Gasteiger partial charge in [0.05, 0.1) is 23.1 Å². The molecule has 31 heavy (non-hydrogen) atoms. The van der Waals surface area contributed by atoms with Crippen molar-refractivity contribution in [1.29, 1.82) is 0 Å². The minimum absolute atomic E-state index is 0.0332. The van der Waals surface area contributed by atoms with Crippen molar-refractivity contribution in [2.24, 2.45) is 0 Å². The van der Waals surface area contributed by atoms with Crippen molar-refractivity contribution in [3.05, 3.63) is 60.2 Å². The van der Waals surface area contributed by atoms with Crippen molar-refractivity contribution in [3.8, 4) is 28.6 Å². The average Bonchev–Trinajstić information content (AvgIpc) is 3.26. The molecule has 160 valence electrons. The van der Waals surface area contributed by atoms with Crippen LogP contribution in [0, 0.1) is 6.92 Å². The third-order valence-electron chi connectivity index (χ3n) is 5.88. The number of hydrogen-bond donors (Lipinski definition) is 1. The van der Waals surface area contributed by atoms with Gasteiger partial charge in [0.1, 0.15) is 17.7 Å². The summed E-state index contributed by atoms with van der Waals surface area (Å²) in [5.74, 6) is -0.258. The maximum absolute atomic E-state index is 14.8. The Morgan fingerprint density at radius 3 is 2.68 bits per heavy atom. The zero-order chi connectivity index (χ0) is 21.7. The molecule has 1 saturated heterocycles. The summed E-state index contributed by atoms with van der Waals surface area (Å²) in [6.45, 7) is 1.89. The van der Waals surface area contributed by atoms with Gasteiger partial charge in [-0.1, -0.05) is 0 Å². The van der Waals surface area contributed by atoms with E-state index in [0.717, 1.165) is 5.69 Å². The predicted molar refractivity (Wildman–Crippen MR) is 109 cm³/mol. The first-order valence-corrected chi connectivity index (χ1v) is 10.0. The summed E-state index contributed by atoms with van der Waals surface area (Å²) in [4.78, 5) is 1.69. The van der Waals surface area contributed by atoms with Crippen molar-refractivity contribution >= 4 is 0 Å². The van der Waals surface area contributed by atoms with Crippen LogP contribution in [0.4, 0.5) is 8.78 Å². The lowest BCUT2D eigenvalue weighted by molar-refractivity contribution is -0.0125. The Bertz CT molecular complexity index is 1150. The molecule has 4 atom stereocenters.